The van der Waals surface area contributed by atoms with Crippen molar-refractivity contribution in [3.8, 4) is 0 Å². The van der Waals surface area contributed by atoms with Gasteiger partial charge in [0.15, 0.2) is 0 Å². The third kappa shape index (κ3) is 4.60. The number of aryl methyl sites for hydroxylation is 1. The van der Waals surface area contributed by atoms with E-state index in [2.05, 4.69) is 11.9 Å². The van der Waals surface area contributed by atoms with E-state index in [-0.39, 0.29) is 5.91 Å². The van der Waals surface area contributed by atoms with Crippen LogP contribution in [0.5, 0.6) is 0 Å². The van der Waals surface area contributed by atoms with E-state index in [1.807, 2.05) is 17.0 Å². The van der Waals surface area contributed by atoms with E-state index in [4.69, 9.17) is 4.74 Å². The third-order valence-electron chi connectivity index (χ3n) is 3.72. The second kappa shape index (κ2) is 8.00. The number of hydrogen-bond acceptors (Lipinski definition) is 3. The summed E-state index contributed by atoms with van der Waals surface area (Å²) in [4.78, 5) is 18.1. The molecular weight excluding hydrogens is 252 g/mol. The summed E-state index contributed by atoms with van der Waals surface area (Å²) in [7, 11) is 0. The molecule has 1 amide bonds. The van der Waals surface area contributed by atoms with Crippen LogP contribution in [0.2, 0.25) is 0 Å². The lowest BCUT2D eigenvalue weighted by molar-refractivity contribution is -0.130. The number of likely N-dealkylation sites (tertiary alicyclic amines) is 1. The first-order valence-electron chi connectivity index (χ1n) is 7.54. The predicted octanol–water partition coefficient (Wildman–Crippen LogP) is 2.29. The summed E-state index contributed by atoms with van der Waals surface area (Å²) >= 11 is 0. The molecule has 1 aliphatic heterocycles. The van der Waals surface area contributed by atoms with Gasteiger partial charge in [0.05, 0.1) is 6.61 Å². The van der Waals surface area contributed by atoms with Gasteiger partial charge in [-0.3, -0.25) is 9.78 Å². The van der Waals surface area contributed by atoms with Crippen LogP contribution in [0.3, 0.4) is 0 Å². The largest absolute Gasteiger partial charge is 0.381 e. The van der Waals surface area contributed by atoms with Gasteiger partial charge in [0, 0.05) is 44.4 Å². The second-order valence-electron chi connectivity index (χ2n) is 5.42. The normalized spacial score (nSPS) is 18.4. The van der Waals surface area contributed by atoms with Gasteiger partial charge in [-0.15, -0.1) is 0 Å². The summed E-state index contributed by atoms with van der Waals surface area (Å²) in [5.74, 6) is 0.784. The Balaban J connectivity index is 1.69. The topological polar surface area (TPSA) is 42.4 Å². The second-order valence-corrected chi connectivity index (χ2v) is 5.42. The fourth-order valence-corrected chi connectivity index (χ4v) is 2.55. The maximum absolute atomic E-state index is 12.2. The molecule has 1 saturated heterocycles. The van der Waals surface area contributed by atoms with Crippen LogP contribution in [0.15, 0.2) is 24.5 Å². The molecule has 20 heavy (non-hydrogen) atoms. The molecule has 0 aromatic carbocycles. The van der Waals surface area contributed by atoms with Gasteiger partial charge in [-0.05, 0) is 37.0 Å². The van der Waals surface area contributed by atoms with Gasteiger partial charge >= 0.3 is 0 Å². The minimum atomic E-state index is 0.264. The number of ether oxygens (including phenoxy) is 1. The average Bonchev–Trinajstić information content (AvgIpc) is 2.95. The van der Waals surface area contributed by atoms with Crippen molar-refractivity contribution < 1.29 is 9.53 Å². The van der Waals surface area contributed by atoms with Crippen LogP contribution in [0.25, 0.3) is 0 Å². The SMILES string of the molecule is CCCOC[C@@H]1CCN(C(=O)CCc2ccncc2)C1. The fourth-order valence-electron chi connectivity index (χ4n) is 2.55. The molecular formula is C16H24N2O2. The summed E-state index contributed by atoms with van der Waals surface area (Å²) in [6.45, 7) is 5.48. The van der Waals surface area contributed by atoms with Crippen molar-refractivity contribution in [1.29, 1.82) is 0 Å². The van der Waals surface area contributed by atoms with E-state index in [1.165, 1.54) is 5.56 Å². The summed E-state index contributed by atoms with van der Waals surface area (Å²) in [6.07, 6.45) is 7.07. The van der Waals surface area contributed by atoms with E-state index in [1.54, 1.807) is 12.4 Å². The van der Waals surface area contributed by atoms with Gasteiger partial charge in [-0.1, -0.05) is 6.92 Å². The Morgan fingerprint density at radius 2 is 2.25 bits per heavy atom. The Morgan fingerprint density at radius 1 is 1.45 bits per heavy atom. The molecule has 0 bridgehead atoms. The summed E-state index contributed by atoms with van der Waals surface area (Å²) in [6, 6.07) is 3.94. The zero-order valence-electron chi connectivity index (χ0n) is 12.3. The van der Waals surface area contributed by atoms with Crippen LogP contribution in [0.4, 0.5) is 0 Å². The molecule has 1 aliphatic rings. The standard InChI is InChI=1S/C16H24N2O2/c1-2-11-20-13-15-7-10-18(12-15)16(19)4-3-14-5-8-17-9-6-14/h5-6,8-9,15H,2-4,7,10-13H2,1H3/t15-/m1/s1. The van der Waals surface area contributed by atoms with Gasteiger partial charge in [-0.25, -0.2) is 0 Å². The monoisotopic (exact) mass is 276 g/mol. The van der Waals surface area contributed by atoms with Crippen molar-refractivity contribution in [1.82, 2.24) is 9.88 Å². The van der Waals surface area contributed by atoms with Gasteiger partial charge in [0.2, 0.25) is 5.91 Å². The first-order chi connectivity index (χ1) is 9.79. The van der Waals surface area contributed by atoms with Crippen LogP contribution in [0.1, 0.15) is 31.7 Å². The minimum absolute atomic E-state index is 0.264. The van der Waals surface area contributed by atoms with E-state index in [0.717, 1.165) is 45.6 Å². The molecule has 1 atom stereocenters. The summed E-state index contributed by atoms with van der Waals surface area (Å²) in [5, 5.41) is 0. The van der Waals surface area contributed by atoms with E-state index in [0.29, 0.717) is 12.3 Å². The molecule has 2 heterocycles. The molecule has 4 heteroatoms. The molecule has 1 aromatic heterocycles. The third-order valence-corrected chi connectivity index (χ3v) is 3.72. The van der Waals surface area contributed by atoms with Crippen LogP contribution in [-0.4, -0.2) is 42.1 Å². The van der Waals surface area contributed by atoms with E-state index < -0.39 is 0 Å². The number of carbonyl (C=O) groups is 1. The van der Waals surface area contributed by atoms with Gasteiger partial charge in [-0.2, -0.15) is 0 Å². The average molecular weight is 276 g/mol. The predicted molar refractivity (Wildman–Crippen MR) is 78.4 cm³/mol. The first-order valence-corrected chi connectivity index (χ1v) is 7.54. The van der Waals surface area contributed by atoms with Crippen molar-refractivity contribution in [3.63, 3.8) is 0 Å². The van der Waals surface area contributed by atoms with Crippen molar-refractivity contribution in [2.45, 2.75) is 32.6 Å². The molecule has 2 rings (SSSR count). The number of hydrogen-bond donors (Lipinski definition) is 0. The number of aromatic nitrogens is 1. The Labute approximate surface area is 121 Å². The van der Waals surface area contributed by atoms with E-state index in [9.17, 15) is 4.79 Å². The molecule has 0 radical (unpaired) electrons. The highest BCUT2D eigenvalue weighted by molar-refractivity contribution is 5.76. The molecule has 1 aromatic rings. The number of pyridine rings is 1. The Hall–Kier alpha value is -1.42. The van der Waals surface area contributed by atoms with Crippen molar-refractivity contribution in [2.24, 2.45) is 5.92 Å². The Kier molecular flexibility index (Phi) is 5.99. The maximum Gasteiger partial charge on any atom is 0.222 e. The molecule has 1 fully saturated rings. The lowest BCUT2D eigenvalue weighted by Crippen LogP contribution is -2.29. The van der Waals surface area contributed by atoms with E-state index >= 15 is 0 Å². The minimum Gasteiger partial charge on any atom is -0.381 e. The fraction of sp³-hybridized carbons (Fsp3) is 0.625. The molecule has 0 N–H and O–H groups in total. The highest BCUT2D eigenvalue weighted by Gasteiger charge is 2.25. The van der Waals surface area contributed by atoms with Crippen molar-refractivity contribution >= 4 is 5.91 Å². The number of carbonyl (C=O) groups excluding carboxylic acids is 1. The van der Waals surface area contributed by atoms with Gasteiger partial charge in [0.1, 0.15) is 0 Å². The molecule has 0 unspecified atom stereocenters. The summed E-state index contributed by atoms with van der Waals surface area (Å²) in [5.41, 5.74) is 1.18. The number of rotatable bonds is 7. The lowest BCUT2D eigenvalue weighted by atomic mass is 10.1. The highest BCUT2D eigenvalue weighted by Crippen LogP contribution is 2.18. The Bertz CT molecular complexity index is 408. The number of amides is 1. The van der Waals surface area contributed by atoms with Crippen LogP contribution in [-0.2, 0) is 16.0 Å². The Morgan fingerprint density at radius 3 is 3.00 bits per heavy atom. The zero-order valence-corrected chi connectivity index (χ0v) is 12.3. The van der Waals surface area contributed by atoms with Gasteiger partial charge in [0.25, 0.3) is 0 Å². The molecule has 0 spiro atoms. The highest BCUT2D eigenvalue weighted by atomic mass is 16.5. The molecule has 0 aliphatic carbocycles. The molecule has 110 valence electrons. The van der Waals surface area contributed by atoms with Crippen LogP contribution in [0, 0.1) is 5.92 Å². The van der Waals surface area contributed by atoms with Crippen LogP contribution < -0.4 is 0 Å². The lowest BCUT2D eigenvalue weighted by Gasteiger charge is -2.16. The zero-order chi connectivity index (χ0) is 14.2. The smallest absolute Gasteiger partial charge is 0.222 e. The summed E-state index contributed by atoms with van der Waals surface area (Å²) < 4.78 is 5.58. The first kappa shape index (κ1) is 15.0. The van der Waals surface area contributed by atoms with Crippen molar-refractivity contribution in [2.75, 3.05) is 26.3 Å². The molecule has 0 saturated carbocycles. The number of nitrogens with zero attached hydrogens (tertiary/aromatic N) is 2. The van der Waals surface area contributed by atoms with Crippen molar-refractivity contribution in [3.05, 3.63) is 30.1 Å². The molecule has 4 nitrogen and oxygen atoms in total. The van der Waals surface area contributed by atoms with Gasteiger partial charge < -0.3 is 9.64 Å². The quantitative estimate of drug-likeness (QED) is 0.718. The van der Waals surface area contributed by atoms with Crippen LogP contribution >= 0.6 is 0 Å². The maximum atomic E-state index is 12.2.